The molecular formula is C14H12F2N2O3. The summed E-state index contributed by atoms with van der Waals surface area (Å²) in [5, 5.41) is 13.5. The molecule has 0 aliphatic heterocycles. The molecule has 0 atom stereocenters. The molecule has 0 aliphatic carbocycles. The Morgan fingerprint density at radius 1 is 1.33 bits per heavy atom. The summed E-state index contributed by atoms with van der Waals surface area (Å²) in [7, 11) is 0. The van der Waals surface area contributed by atoms with E-state index in [2.05, 4.69) is 10.5 Å². The number of anilines is 1. The van der Waals surface area contributed by atoms with E-state index in [-0.39, 0.29) is 28.5 Å². The van der Waals surface area contributed by atoms with Crippen molar-refractivity contribution < 1.29 is 18.3 Å². The van der Waals surface area contributed by atoms with Gasteiger partial charge in [0.05, 0.1) is 11.4 Å². The number of hydrazone groups is 1. The van der Waals surface area contributed by atoms with Gasteiger partial charge in [-0.05, 0) is 26.0 Å². The molecule has 2 N–H and O–H groups in total. The van der Waals surface area contributed by atoms with E-state index in [0.717, 1.165) is 6.07 Å². The van der Waals surface area contributed by atoms with Crippen LogP contribution in [0.15, 0.2) is 38.6 Å². The summed E-state index contributed by atoms with van der Waals surface area (Å²) in [5.41, 5.74) is 1.52. The Morgan fingerprint density at radius 2 is 2.05 bits per heavy atom. The summed E-state index contributed by atoms with van der Waals surface area (Å²) < 4.78 is 31.0. The minimum absolute atomic E-state index is 0.0632. The van der Waals surface area contributed by atoms with E-state index in [4.69, 9.17) is 4.42 Å². The van der Waals surface area contributed by atoms with Crippen molar-refractivity contribution >= 4 is 11.4 Å². The van der Waals surface area contributed by atoms with Crippen molar-refractivity contribution in [2.45, 2.75) is 13.8 Å². The highest BCUT2D eigenvalue weighted by Gasteiger charge is 2.13. The van der Waals surface area contributed by atoms with Crippen LogP contribution in [-0.4, -0.2) is 10.8 Å². The van der Waals surface area contributed by atoms with E-state index in [1.54, 1.807) is 0 Å². The average Bonchev–Trinajstić information content (AvgIpc) is 2.36. The number of hydrogen-bond acceptors (Lipinski definition) is 5. The van der Waals surface area contributed by atoms with Crippen molar-refractivity contribution in [3.8, 4) is 5.75 Å². The number of rotatable bonds is 3. The van der Waals surface area contributed by atoms with E-state index < -0.39 is 17.3 Å². The Bertz CT molecular complexity index is 769. The van der Waals surface area contributed by atoms with E-state index >= 15 is 0 Å². The van der Waals surface area contributed by atoms with Gasteiger partial charge in [0.15, 0.2) is 5.82 Å². The van der Waals surface area contributed by atoms with Crippen LogP contribution in [-0.2, 0) is 0 Å². The lowest BCUT2D eigenvalue weighted by Gasteiger charge is -2.05. The van der Waals surface area contributed by atoms with Gasteiger partial charge in [-0.3, -0.25) is 5.43 Å². The minimum Gasteiger partial charge on any atom is -0.507 e. The maximum atomic E-state index is 13.4. The van der Waals surface area contributed by atoms with E-state index in [9.17, 15) is 18.7 Å². The Hall–Kier alpha value is -2.70. The van der Waals surface area contributed by atoms with E-state index in [0.29, 0.717) is 6.07 Å². The fraction of sp³-hybridized carbons (Fsp3) is 0.143. The summed E-state index contributed by atoms with van der Waals surface area (Å²) in [6.07, 6.45) is 0. The Morgan fingerprint density at radius 3 is 2.67 bits per heavy atom. The Labute approximate surface area is 118 Å². The molecular weight excluding hydrogens is 282 g/mol. The largest absolute Gasteiger partial charge is 0.507 e. The van der Waals surface area contributed by atoms with Gasteiger partial charge in [0.1, 0.15) is 22.9 Å². The predicted octanol–water partition coefficient (Wildman–Crippen LogP) is 2.77. The second-order valence-corrected chi connectivity index (χ2v) is 4.34. The minimum atomic E-state index is -0.827. The van der Waals surface area contributed by atoms with Gasteiger partial charge in [0, 0.05) is 12.1 Å². The highest BCUT2D eigenvalue weighted by Crippen LogP contribution is 2.17. The van der Waals surface area contributed by atoms with Gasteiger partial charge >= 0.3 is 5.63 Å². The van der Waals surface area contributed by atoms with Crippen molar-refractivity contribution in [3.63, 3.8) is 0 Å². The third kappa shape index (κ3) is 3.25. The summed E-state index contributed by atoms with van der Waals surface area (Å²) in [6.45, 7) is 2.96. The molecule has 0 saturated heterocycles. The van der Waals surface area contributed by atoms with Gasteiger partial charge in [0.25, 0.3) is 0 Å². The van der Waals surface area contributed by atoms with Crippen molar-refractivity contribution in [2.75, 3.05) is 5.43 Å². The smallest absolute Gasteiger partial charge is 0.348 e. The molecule has 21 heavy (non-hydrogen) atoms. The zero-order valence-electron chi connectivity index (χ0n) is 11.3. The highest BCUT2D eigenvalue weighted by atomic mass is 19.1. The molecule has 0 saturated carbocycles. The topological polar surface area (TPSA) is 74.8 Å². The van der Waals surface area contributed by atoms with Crippen molar-refractivity contribution in [1.82, 2.24) is 0 Å². The first kappa shape index (κ1) is 14.7. The second kappa shape index (κ2) is 5.74. The van der Waals surface area contributed by atoms with Crippen LogP contribution in [0.3, 0.4) is 0 Å². The second-order valence-electron chi connectivity index (χ2n) is 4.34. The summed E-state index contributed by atoms with van der Waals surface area (Å²) >= 11 is 0. The molecule has 0 amide bonds. The maximum Gasteiger partial charge on any atom is 0.348 e. The highest BCUT2D eigenvalue weighted by molar-refractivity contribution is 6.00. The van der Waals surface area contributed by atoms with Crippen molar-refractivity contribution in [2.24, 2.45) is 5.10 Å². The van der Waals surface area contributed by atoms with Gasteiger partial charge < -0.3 is 9.52 Å². The normalized spacial score (nSPS) is 11.5. The first-order chi connectivity index (χ1) is 9.88. The molecule has 0 bridgehead atoms. The fourth-order valence-corrected chi connectivity index (χ4v) is 1.71. The molecule has 0 spiro atoms. The molecule has 110 valence electrons. The number of nitrogens with one attached hydrogen (secondary N) is 1. The van der Waals surface area contributed by atoms with Gasteiger partial charge in [-0.15, -0.1) is 0 Å². The number of benzene rings is 1. The number of hydrogen-bond donors (Lipinski definition) is 2. The molecule has 1 aromatic heterocycles. The number of aryl methyl sites for hydroxylation is 1. The monoisotopic (exact) mass is 294 g/mol. The summed E-state index contributed by atoms with van der Waals surface area (Å²) in [6, 6.07) is 4.20. The third-order valence-electron chi connectivity index (χ3n) is 2.69. The van der Waals surface area contributed by atoms with E-state index in [1.165, 1.54) is 26.0 Å². The maximum absolute atomic E-state index is 13.4. The van der Waals surface area contributed by atoms with Gasteiger partial charge in [0.2, 0.25) is 0 Å². The zero-order valence-corrected chi connectivity index (χ0v) is 11.3. The first-order valence-corrected chi connectivity index (χ1v) is 5.98. The molecule has 2 rings (SSSR count). The molecule has 1 heterocycles. The predicted molar refractivity (Wildman–Crippen MR) is 73.6 cm³/mol. The Kier molecular flexibility index (Phi) is 4.02. The van der Waals surface area contributed by atoms with Crippen LogP contribution >= 0.6 is 0 Å². The molecule has 0 unspecified atom stereocenters. The molecule has 1 aromatic carbocycles. The van der Waals surface area contributed by atoms with Crippen LogP contribution < -0.4 is 11.1 Å². The molecule has 0 fully saturated rings. The van der Waals surface area contributed by atoms with E-state index in [1.807, 2.05) is 0 Å². The van der Waals surface area contributed by atoms with Gasteiger partial charge in [-0.2, -0.15) is 5.10 Å². The van der Waals surface area contributed by atoms with Crippen LogP contribution in [0.4, 0.5) is 14.5 Å². The number of aromatic hydroxyl groups is 1. The number of nitrogens with zero attached hydrogens (tertiary/aromatic N) is 1. The lowest BCUT2D eigenvalue weighted by Crippen LogP contribution is -2.14. The molecule has 5 nitrogen and oxygen atoms in total. The fourth-order valence-electron chi connectivity index (χ4n) is 1.71. The summed E-state index contributed by atoms with van der Waals surface area (Å²) in [4.78, 5) is 11.7. The number of halogens is 2. The molecule has 0 aliphatic rings. The van der Waals surface area contributed by atoms with Gasteiger partial charge in [-0.25, -0.2) is 13.6 Å². The molecule has 0 radical (unpaired) electrons. The van der Waals surface area contributed by atoms with Crippen LogP contribution in [0.1, 0.15) is 18.2 Å². The Balaban J connectivity index is 2.32. The standard InChI is InChI=1S/C14H12F2N2O3/c1-7-5-12(19)13(14(20)21-7)8(2)17-18-11-4-3-9(15)6-10(11)16/h3-6,18-19H,1-2H3. The zero-order chi connectivity index (χ0) is 15.6. The van der Waals surface area contributed by atoms with Crippen LogP contribution in [0.2, 0.25) is 0 Å². The van der Waals surface area contributed by atoms with Crippen LogP contribution in [0.25, 0.3) is 0 Å². The lowest BCUT2D eigenvalue weighted by molar-refractivity contribution is 0.432. The molecule has 2 aromatic rings. The molecule has 7 heteroatoms. The average molecular weight is 294 g/mol. The summed E-state index contributed by atoms with van der Waals surface area (Å²) in [5.74, 6) is -1.57. The van der Waals surface area contributed by atoms with Crippen molar-refractivity contribution in [3.05, 3.63) is 57.6 Å². The third-order valence-corrected chi connectivity index (χ3v) is 2.69. The quantitative estimate of drug-likeness (QED) is 0.674. The van der Waals surface area contributed by atoms with Gasteiger partial charge in [-0.1, -0.05) is 0 Å². The van der Waals surface area contributed by atoms with Crippen LogP contribution in [0.5, 0.6) is 5.75 Å². The lowest BCUT2D eigenvalue weighted by atomic mass is 10.2. The van der Waals surface area contributed by atoms with Crippen LogP contribution in [0, 0.1) is 18.6 Å². The van der Waals surface area contributed by atoms with Crippen molar-refractivity contribution in [1.29, 1.82) is 0 Å². The first-order valence-electron chi connectivity index (χ1n) is 5.98. The SMILES string of the molecule is CC(=NNc1ccc(F)cc1F)c1c(O)cc(C)oc1=O.